The van der Waals surface area contributed by atoms with Gasteiger partial charge in [-0.3, -0.25) is 9.59 Å². The van der Waals surface area contributed by atoms with Crippen LogP contribution < -0.4 is 5.32 Å². The van der Waals surface area contributed by atoms with Gasteiger partial charge in [-0.2, -0.15) is 0 Å². The summed E-state index contributed by atoms with van der Waals surface area (Å²) in [5.74, 6) is -1.35. The van der Waals surface area contributed by atoms with Gasteiger partial charge in [0.15, 0.2) is 0 Å². The lowest BCUT2D eigenvalue weighted by atomic mass is 9.99. The van der Waals surface area contributed by atoms with Gasteiger partial charge < -0.3 is 14.9 Å². The number of rotatable bonds is 6. The second kappa shape index (κ2) is 6.18. The van der Waals surface area contributed by atoms with E-state index in [1.165, 1.54) is 6.92 Å². The van der Waals surface area contributed by atoms with Gasteiger partial charge in [0.2, 0.25) is 5.76 Å². The molecule has 0 aromatic carbocycles. The molecule has 0 bridgehead atoms. The van der Waals surface area contributed by atoms with Gasteiger partial charge in [-0.05, 0) is 19.8 Å². The molecule has 1 heterocycles. The van der Waals surface area contributed by atoms with E-state index < -0.39 is 17.9 Å². The Balaban J connectivity index is 2.73. The Bertz CT molecular complexity index is 423. The molecule has 0 saturated heterocycles. The zero-order valence-electron chi connectivity index (χ0n) is 10.8. The van der Waals surface area contributed by atoms with Crippen LogP contribution in [0, 0.1) is 0 Å². The number of carbonyl (C=O) groups is 2. The van der Waals surface area contributed by atoms with Gasteiger partial charge in [0.05, 0.1) is 5.69 Å². The number of carboxylic acids is 1. The first kappa shape index (κ1) is 14.2. The van der Waals surface area contributed by atoms with E-state index in [1.807, 2.05) is 13.8 Å². The van der Waals surface area contributed by atoms with E-state index in [0.29, 0.717) is 0 Å². The Hall–Kier alpha value is -1.85. The molecule has 0 spiro atoms. The van der Waals surface area contributed by atoms with Gasteiger partial charge in [0, 0.05) is 12.0 Å². The minimum absolute atomic E-state index is 0.0463. The number of nitrogens with zero attached hydrogens (tertiary/aromatic N) is 1. The van der Waals surface area contributed by atoms with E-state index >= 15 is 0 Å². The average Bonchev–Trinajstić information content (AvgIpc) is 2.80. The van der Waals surface area contributed by atoms with Crippen molar-refractivity contribution in [3.8, 4) is 0 Å². The van der Waals surface area contributed by atoms with Crippen LogP contribution in [-0.4, -0.2) is 28.2 Å². The summed E-state index contributed by atoms with van der Waals surface area (Å²) in [6, 6.07) is 0.612. The van der Waals surface area contributed by atoms with Gasteiger partial charge >= 0.3 is 5.97 Å². The predicted octanol–water partition coefficient (Wildman–Crippen LogP) is 1.78. The highest BCUT2D eigenvalue weighted by Crippen LogP contribution is 2.22. The number of aliphatic carboxylic acids is 1. The lowest BCUT2D eigenvalue weighted by Crippen LogP contribution is -2.38. The average molecular weight is 254 g/mol. The first-order valence-corrected chi connectivity index (χ1v) is 5.99. The molecule has 1 rings (SSSR count). The molecule has 0 radical (unpaired) electrons. The van der Waals surface area contributed by atoms with E-state index in [1.54, 1.807) is 6.07 Å². The maximum Gasteiger partial charge on any atom is 0.325 e. The van der Waals surface area contributed by atoms with E-state index in [4.69, 9.17) is 9.63 Å². The van der Waals surface area contributed by atoms with Crippen LogP contribution in [0.1, 0.15) is 55.8 Å². The molecule has 6 heteroatoms. The Labute approximate surface area is 105 Å². The van der Waals surface area contributed by atoms with Crippen LogP contribution in [0.25, 0.3) is 0 Å². The Kier molecular flexibility index (Phi) is 4.88. The highest BCUT2D eigenvalue weighted by atomic mass is 16.5. The molecule has 0 aliphatic carbocycles. The lowest BCUT2D eigenvalue weighted by Gasteiger charge is -2.07. The molecule has 0 unspecified atom stereocenters. The second-order valence-electron chi connectivity index (χ2n) is 4.16. The minimum Gasteiger partial charge on any atom is -0.480 e. The molecule has 0 aliphatic rings. The van der Waals surface area contributed by atoms with E-state index in [0.717, 1.165) is 18.5 Å². The SMILES string of the molecule is CCC(CC)c1cc(C(=O)N[C@@H](C)C(=O)O)on1. The highest BCUT2D eigenvalue weighted by Gasteiger charge is 2.20. The standard InChI is InChI=1S/C12H18N2O4/c1-4-8(5-2)9-6-10(18-14-9)11(15)13-7(3)12(16)17/h6-8H,4-5H2,1-3H3,(H,13,15)(H,16,17)/t7-/m0/s1. The van der Waals surface area contributed by atoms with Crippen LogP contribution in [0.3, 0.4) is 0 Å². The highest BCUT2D eigenvalue weighted by molar-refractivity contribution is 5.94. The zero-order valence-corrected chi connectivity index (χ0v) is 10.8. The van der Waals surface area contributed by atoms with Crippen molar-refractivity contribution in [1.82, 2.24) is 10.5 Å². The molecular weight excluding hydrogens is 236 g/mol. The molecule has 1 aromatic heterocycles. The number of amides is 1. The first-order valence-electron chi connectivity index (χ1n) is 5.99. The van der Waals surface area contributed by atoms with Gasteiger partial charge in [-0.25, -0.2) is 0 Å². The second-order valence-corrected chi connectivity index (χ2v) is 4.16. The fourth-order valence-electron chi connectivity index (χ4n) is 1.62. The Morgan fingerprint density at radius 2 is 2.06 bits per heavy atom. The molecular formula is C12H18N2O4. The smallest absolute Gasteiger partial charge is 0.325 e. The van der Waals surface area contributed by atoms with Crippen molar-refractivity contribution in [3.63, 3.8) is 0 Å². The number of carbonyl (C=O) groups excluding carboxylic acids is 1. The van der Waals surface area contributed by atoms with Crippen molar-refractivity contribution in [1.29, 1.82) is 0 Å². The van der Waals surface area contributed by atoms with Crippen molar-refractivity contribution in [2.45, 2.75) is 45.6 Å². The molecule has 1 atom stereocenters. The largest absolute Gasteiger partial charge is 0.480 e. The predicted molar refractivity (Wildman–Crippen MR) is 64.4 cm³/mol. The van der Waals surface area contributed by atoms with E-state index in [9.17, 15) is 9.59 Å². The van der Waals surface area contributed by atoms with Gasteiger partial charge in [0.25, 0.3) is 5.91 Å². The van der Waals surface area contributed by atoms with Crippen LogP contribution >= 0.6 is 0 Å². The summed E-state index contributed by atoms with van der Waals surface area (Å²) >= 11 is 0. The Morgan fingerprint density at radius 1 is 1.44 bits per heavy atom. The fourth-order valence-corrected chi connectivity index (χ4v) is 1.62. The van der Waals surface area contributed by atoms with Crippen molar-refractivity contribution >= 4 is 11.9 Å². The third-order valence-electron chi connectivity index (χ3n) is 2.87. The molecule has 0 fully saturated rings. The van der Waals surface area contributed by atoms with Gasteiger partial charge in [-0.15, -0.1) is 0 Å². The van der Waals surface area contributed by atoms with Crippen LogP contribution in [0.2, 0.25) is 0 Å². The summed E-state index contributed by atoms with van der Waals surface area (Å²) in [5.41, 5.74) is 0.730. The molecule has 18 heavy (non-hydrogen) atoms. The van der Waals surface area contributed by atoms with Crippen molar-refractivity contribution in [2.75, 3.05) is 0 Å². The summed E-state index contributed by atoms with van der Waals surface area (Å²) in [6.45, 7) is 5.46. The third-order valence-corrected chi connectivity index (χ3v) is 2.87. The summed E-state index contributed by atoms with van der Waals surface area (Å²) < 4.78 is 4.94. The first-order chi connectivity index (χ1) is 8.49. The van der Waals surface area contributed by atoms with Crippen LogP contribution in [0.15, 0.2) is 10.6 Å². The topological polar surface area (TPSA) is 92.4 Å². The lowest BCUT2D eigenvalue weighted by molar-refractivity contribution is -0.138. The molecule has 6 nitrogen and oxygen atoms in total. The number of carboxylic acid groups (broad SMARTS) is 1. The van der Waals surface area contributed by atoms with E-state index in [-0.39, 0.29) is 11.7 Å². The normalized spacial score (nSPS) is 12.4. The number of hydrogen-bond acceptors (Lipinski definition) is 4. The third kappa shape index (κ3) is 3.32. The van der Waals surface area contributed by atoms with E-state index in [2.05, 4.69) is 10.5 Å². The maximum atomic E-state index is 11.7. The molecule has 2 N–H and O–H groups in total. The zero-order chi connectivity index (χ0) is 13.7. The van der Waals surface area contributed by atoms with Crippen molar-refractivity contribution < 1.29 is 19.2 Å². The molecule has 100 valence electrons. The summed E-state index contributed by atoms with van der Waals surface area (Å²) in [7, 11) is 0. The summed E-state index contributed by atoms with van der Waals surface area (Å²) in [4.78, 5) is 22.3. The van der Waals surface area contributed by atoms with Crippen molar-refractivity contribution in [2.24, 2.45) is 0 Å². The Morgan fingerprint density at radius 3 is 2.56 bits per heavy atom. The molecule has 1 aromatic rings. The van der Waals surface area contributed by atoms with Crippen LogP contribution in [-0.2, 0) is 4.79 Å². The fraction of sp³-hybridized carbons (Fsp3) is 0.583. The quantitative estimate of drug-likeness (QED) is 0.807. The molecule has 0 saturated carbocycles. The van der Waals surface area contributed by atoms with Gasteiger partial charge in [-0.1, -0.05) is 19.0 Å². The van der Waals surface area contributed by atoms with Crippen molar-refractivity contribution in [3.05, 3.63) is 17.5 Å². The summed E-state index contributed by atoms with van der Waals surface area (Å²) in [6.07, 6.45) is 1.82. The minimum atomic E-state index is -1.09. The number of hydrogen-bond donors (Lipinski definition) is 2. The van der Waals surface area contributed by atoms with Crippen LogP contribution in [0.4, 0.5) is 0 Å². The maximum absolute atomic E-state index is 11.7. The van der Waals surface area contributed by atoms with Gasteiger partial charge in [0.1, 0.15) is 6.04 Å². The van der Waals surface area contributed by atoms with Crippen LogP contribution in [0.5, 0.6) is 0 Å². The number of nitrogens with one attached hydrogen (secondary N) is 1. The monoisotopic (exact) mass is 254 g/mol. The molecule has 0 aliphatic heterocycles. The molecule has 1 amide bonds. The number of aromatic nitrogens is 1. The summed E-state index contributed by atoms with van der Waals surface area (Å²) in [5, 5.41) is 14.8.